The minimum Gasteiger partial charge on any atom is -0.489 e. The Morgan fingerprint density at radius 3 is 2.93 bits per heavy atom. The van der Waals surface area contributed by atoms with Crippen LogP contribution in [0.3, 0.4) is 0 Å². The highest BCUT2D eigenvalue weighted by Crippen LogP contribution is 2.35. The number of hydrogen-bond donors (Lipinski definition) is 1. The fourth-order valence-electron chi connectivity index (χ4n) is 2.80. The number of ether oxygens (including phenoxy) is 3. The lowest BCUT2D eigenvalue weighted by Crippen LogP contribution is -2.13. The molecule has 0 fully saturated rings. The van der Waals surface area contributed by atoms with Gasteiger partial charge in [0, 0.05) is 18.0 Å². The molecule has 7 heteroatoms. The SMILES string of the molecule is CSc1ncccc1C(=O)Nc1cccc(COc2ccc3c(c2)OCO3)c1. The number of nitrogens with zero attached hydrogens (tertiary/aromatic N) is 1. The summed E-state index contributed by atoms with van der Waals surface area (Å²) in [4.78, 5) is 16.8. The van der Waals surface area contributed by atoms with Gasteiger partial charge in [-0.25, -0.2) is 4.98 Å². The van der Waals surface area contributed by atoms with E-state index in [1.54, 1.807) is 24.4 Å². The summed E-state index contributed by atoms with van der Waals surface area (Å²) in [6.45, 7) is 0.599. The Kier molecular flexibility index (Phi) is 5.34. The first-order valence-corrected chi connectivity index (χ1v) is 9.87. The number of benzene rings is 2. The zero-order valence-corrected chi connectivity index (χ0v) is 16.0. The molecule has 2 aromatic carbocycles. The number of amides is 1. The number of carbonyl (C=O) groups excluding carboxylic acids is 1. The molecule has 1 aliphatic heterocycles. The fourth-order valence-corrected chi connectivity index (χ4v) is 3.34. The molecule has 1 aromatic heterocycles. The van der Waals surface area contributed by atoms with Crippen molar-refractivity contribution in [2.45, 2.75) is 11.6 Å². The third-order valence-corrected chi connectivity index (χ3v) is 4.86. The predicted octanol–water partition coefficient (Wildman–Crippen LogP) is 4.36. The highest BCUT2D eigenvalue weighted by Gasteiger charge is 2.14. The summed E-state index contributed by atoms with van der Waals surface area (Å²) in [5, 5.41) is 3.62. The molecule has 0 saturated carbocycles. The lowest BCUT2D eigenvalue weighted by Gasteiger charge is -2.10. The zero-order chi connectivity index (χ0) is 19.3. The Balaban J connectivity index is 1.42. The van der Waals surface area contributed by atoms with Gasteiger partial charge in [0.05, 0.1) is 5.56 Å². The summed E-state index contributed by atoms with van der Waals surface area (Å²) in [7, 11) is 0. The summed E-state index contributed by atoms with van der Waals surface area (Å²) in [6, 6.07) is 16.5. The average Bonchev–Trinajstić information content (AvgIpc) is 3.20. The van der Waals surface area contributed by atoms with Crippen molar-refractivity contribution in [1.82, 2.24) is 4.98 Å². The Hall–Kier alpha value is -3.19. The van der Waals surface area contributed by atoms with E-state index in [2.05, 4.69) is 10.3 Å². The molecule has 3 aromatic rings. The quantitative estimate of drug-likeness (QED) is 0.627. The van der Waals surface area contributed by atoms with Gasteiger partial charge in [-0.3, -0.25) is 4.79 Å². The first kappa shape index (κ1) is 18.2. The maximum Gasteiger partial charge on any atom is 0.258 e. The van der Waals surface area contributed by atoms with Crippen LogP contribution in [0.1, 0.15) is 15.9 Å². The molecule has 142 valence electrons. The van der Waals surface area contributed by atoms with E-state index in [0.29, 0.717) is 34.4 Å². The van der Waals surface area contributed by atoms with Crippen LogP contribution in [-0.2, 0) is 6.61 Å². The molecule has 28 heavy (non-hydrogen) atoms. The van der Waals surface area contributed by atoms with Crippen LogP contribution in [0.5, 0.6) is 17.2 Å². The van der Waals surface area contributed by atoms with Crippen molar-refractivity contribution in [3.05, 3.63) is 71.9 Å². The predicted molar refractivity (Wildman–Crippen MR) is 107 cm³/mol. The number of hydrogen-bond acceptors (Lipinski definition) is 6. The molecule has 0 unspecified atom stereocenters. The van der Waals surface area contributed by atoms with E-state index in [1.807, 2.05) is 42.7 Å². The molecular weight excluding hydrogens is 376 g/mol. The number of fused-ring (bicyclic) bond motifs is 1. The van der Waals surface area contributed by atoms with Gasteiger partial charge in [-0.1, -0.05) is 12.1 Å². The second-order valence-corrected chi connectivity index (χ2v) is 6.81. The van der Waals surface area contributed by atoms with Gasteiger partial charge < -0.3 is 19.5 Å². The normalized spacial score (nSPS) is 11.9. The molecule has 0 aliphatic carbocycles. The third-order valence-electron chi connectivity index (χ3n) is 4.14. The van der Waals surface area contributed by atoms with E-state index in [0.717, 1.165) is 11.3 Å². The average molecular weight is 394 g/mol. The molecule has 4 rings (SSSR count). The topological polar surface area (TPSA) is 69.7 Å². The van der Waals surface area contributed by atoms with Crippen LogP contribution < -0.4 is 19.5 Å². The summed E-state index contributed by atoms with van der Waals surface area (Å²) < 4.78 is 16.5. The van der Waals surface area contributed by atoms with Crippen molar-refractivity contribution in [2.75, 3.05) is 18.4 Å². The van der Waals surface area contributed by atoms with Gasteiger partial charge in [-0.2, -0.15) is 0 Å². The maximum absolute atomic E-state index is 12.6. The number of pyridine rings is 1. The molecule has 0 radical (unpaired) electrons. The van der Waals surface area contributed by atoms with Crippen molar-refractivity contribution >= 4 is 23.4 Å². The molecule has 1 N–H and O–H groups in total. The van der Waals surface area contributed by atoms with Gasteiger partial charge >= 0.3 is 0 Å². The number of aromatic nitrogens is 1. The minimum absolute atomic E-state index is 0.189. The van der Waals surface area contributed by atoms with Gasteiger partial charge in [0.2, 0.25) is 6.79 Å². The Labute approximate surface area is 166 Å². The second kappa shape index (κ2) is 8.22. The van der Waals surface area contributed by atoms with Crippen LogP contribution in [0.4, 0.5) is 5.69 Å². The molecule has 0 bridgehead atoms. The zero-order valence-electron chi connectivity index (χ0n) is 15.2. The van der Waals surface area contributed by atoms with Gasteiger partial charge in [-0.15, -0.1) is 11.8 Å². The number of thioether (sulfide) groups is 1. The molecule has 0 spiro atoms. The van der Waals surface area contributed by atoms with E-state index in [9.17, 15) is 4.79 Å². The van der Waals surface area contributed by atoms with Crippen LogP contribution in [0.2, 0.25) is 0 Å². The minimum atomic E-state index is -0.189. The Morgan fingerprint density at radius 1 is 1.14 bits per heavy atom. The number of rotatable bonds is 6. The first-order chi connectivity index (χ1) is 13.7. The van der Waals surface area contributed by atoms with E-state index in [1.165, 1.54) is 11.8 Å². The molecule has 0 saturated heterocycles. The van der Waals surface area contributed by atoms with E-state index in [-0.39, 0.29) is 12.7 Å². The first-order valence-electron chi connectivity index (χ1n) is 8.64. The molecule has 1 amide bonds. The summed E-state index contributed by atoms with van der Waals surface area (Å²) in [5.41, 5.74) is 2.19. The highest BCUT2D eigenvalue weighted by molar-refractivity contribution is 7.98. The van der Waals surface area contributed by atoms with Gasteiger partial charge in [0.15, 0.2) is 11.5 Å². The van der Waals surface area contributed by atoms with Crippen molar-refractivity contribution in [2.24, 2.45) is 0 Å². The smallest absolute Gasteiger partial charge is 0.258 e. The maximum atomic E-state index is 12.6. The van der Waals surface area contributed by atoms with Crippen LogP contribution in [0.25, 0.3) is 0 Å². The van der Waals surface area contributed by atoms with Crippen molar-refractivity contribution < 1.29 is 19.0 Å². The van der Waals surface area contributed by atoms with E-state index < -0.39 is 0 Å². The standard InChI is InChI=1S/C21H18N2O4S/c1-28-21-17(6-3-9-22-21)20(24)23-15-5-2-4-14(10-15)12-25-16-7-8-18-19(11-16)27-13-26-18/h2-11H,12-13H2,1H3,(H,23,24). The largest absolute Gasteiger partial charge is 0.489 e. The van der Waals surface area contributed by atoms with Crippen molar-refractivity contribution in [3.63, 3.8) is 0 Å². The van der Waals surface area contributed by atoms with Gasteiger partial charge in [0.25, 0.3) is 5.91 Å². The Bertz CT molecular complexity index is 1010. The van der Waals surface area contributed by atoms with Crippen LogP contribution >= 0.6 is 11.8 Å². The fraction of sp³-hybridized carbons (Fsp3) is 0.143. The lowest BCUT2D eigenvalue weighted by molar-refractivity contribution is 0.102. The Morgan fingerprint density at radius 2 is 2.04 bits per heavy atom. The summed E-state index contributed by atoms with van der Waals surface area (Å²) >= 11 is 1.44. The van der Waals surface area contributed by atoms with Gasteiger partial charge in [0.1, 0.15) is 17.4 Å². The van der Waals surface area contributed by atoms with E-state index in [4.69, 9.17) is 14.2 Å². The van der Waals surface area contributed by atoms with Gasteiger partial charge in [-0.05, 0) is 48.2 Å². The van der Waals surface area contributed by atoms with Crippen LogP contribution in [0.15, 0.2) is 65.8 Å². The lowest BCUT2D eigenvalue weighted by atomic mass is 10.2. The van der Waals surface area contributed by atoms with Crippen LogP contribution in [0, 0.1) is 0 Å². The molecule has 6 nitrogen and oxygen atoms in total. The van der Waals surface area contributed by atoms with Crippen molar-refractivity contribution in [1.29, 1.82) is 0 Å². The summed E-state index contributed by atoms with van der Waals surface area (Å²) in [6.07, 6.45) is 3.57. The number of anilines is 1. The van der Waals surface area contributed by atoms with E-state index >= 15 is 0 Å². The highest BCUT2D eigenvalue weighted by atomic mass is 32.2. The second-order valence-electron chi connectivity index (χ2n) is 6.02. The molecular formula is C21H18N2O4S. The molecule has 1 aliphatic rings. The molecule has 0 atom stereocenters. The third kappa shape index (κ3) is 4.04. The monoisotopic (exact) mass is 394 g/mol. The van der Waals surface area contributed by atoms with Crippen molar-refractivity contribution in [3.8, 4) is 17.2 Å². The molecule has 2 heterocycles. The van der Waals surface area contributed by atoms with Crippen LogP contribution in [-0.4, -0.2) is 23.9 Å². The number of carbonyl (C=O) groups is 1. The number of nitrogens with one attached hydrogen (secondary N) is 1. The summed E-state index contributed by atoms with van der Waals surface area (Å²) in [5.74, 6) is 1.90.